The molecule has 0 radical (unpaired) electrons. The first-order valence-electron chi connectivity index (χ1n) is 5.37. The highest BCUT2D eigenvalue weighted by Gasteiger charge is 2.40. The molecule has 1 atom stereocenters. The standard InChI is InChI=1S/C11H20O3/c1-11(2,9(12)10(13)14)8-6-4-3-5-7-8/h8-9,12H,3-7H2,1-2H3,(H,13,14). The summed E-state index contributed by atoms with van der Waals surface area (Å²) in [5.41, 5.74) is -0.494. The quantitative estimate of drug-likeness (QED) is 0.733. The summed E-state index contributed by atoms with van der Waals surface area (Å²) in [6.45, 7) is 3.73. The van der Waals surface area contributed by atoms with Crippen molar-refractivity contribution >= 4 is 5.97 Å². The van der Waals surface area contributed by atoms with E-state index in [-0.39, 0.29) is 0 Å². The first-order chi connectivity index (χ1) is 6.46. The van der Waals surface area contributed by atoms with Crippen LogP contribution in [-0.2, 0) is 4.79 Å². The summed E-state index contributed by atoms with van der Waals surface area (Å²) < 4.78 is 0. The number of carboxylic acids is 1. The summed E-state index contributed by atoms with van der Waals surface area (Å²) in [7, 11) is 0. The predicted octanol–water partition coefficient (Wildman–Crippen LogP) is 2.04. The molecule has 0 aromatic rings. The summed E-state index contributed by atoms with van der Waals surface area (Å²) in [6, 6.07) is 0. The van der Waals surface area contributed by atoms with Crippen LogP contribution < -0.4 is 0 Å². The van der Waals surface area contributed by atoms with Crippen molar-refractivity contribution in [3.05, 3.63) is 0 Å². The highest BCUT2D eigenvalue weighted by molar-refractivity contribution is 5.73. The molecular formula is C11H20O3. The van der Waals surface area contributed by atoms with Crippen molar-refractivity contribution in [1.29, 1.82) is 0 Å². The second kappa shape index (κ2) is 4.30. The van der Waals surface area contributed by atoms with E-state index in [1.807, 2.05) is 13.8 Å². The lowest BCUT2D eigenvalue weighted by Gasteiger charge is -2.38. The van der Waals surface area contributed by atoms with E-state index in [1.165, 1.54) is 19.3 Å². The van der Waals surface area contributed by atoms with Crippen molar-refractivity contribution in [3.8, 4) is 0 Å². The number of hydrogen-bond donors (Lipinski definition) is 2. The lowest BCUT2D eigenvalue weighted by molar-refractivity contribution is -0.156. The Kier molecular flexibility index (Phi) is 3.53. The minimum Gasteiger partial charge on any atom is -0.479 e. The van der Waals surface area contributed by atoms with Crippen LogP contribution in [0.3, 0.4) is 0 Å². The van der Waals surface area contributed by atoms with Crippen LogP contribution in [0.5, 0.6) is 0 Å². The van der Waals surface area contributed by atoms with Crippen LogP contribution in [0.1, 0.15) is 46.0 Å². The predicted molar refractivity (Wildman–Crippen MR) is 54.0 cm³/mol. The van der Waals surface area contributed by atoms with Gasteiger partial charge in [0.1, 0.15) is 0 Å². The number of aliphatic hydroxyl groups excluding tert-OH is 1. The lowest BCUT2D eigenvalue weighted by atomic mass is 9.68. The minimum absolute atomic E-state index is 0.349. The Bertz CT molecular complexity index is 205. The first-order valence-corrected chi connectivity index (χ1v) is 5.37. The zero-order chi connectivity index (χ0) is 10.8. The Hall–Kier alpha value is -0.570. The van der Waals surface area contributed by atoms with Crippen LogP contribution in [-0.4, -0.2) is 22.3 Å². The van der Waals surface area contributed by atoms with E-state index in [2.05, 4.69) is 0 Å². The molecule has 82 valence electrons. The molecule has 1 aliphatic rings. The molecule has 3 nitrogen and oxygen atoms in total. The molecule has 0 aromatic heterocycles. The van der Waals surface area contributed by atoms with Crippen molar-refractivity contribution in [3.63, 3.8) is 0 Å². The second-order valence-electron chi connectivity index (χ2n) is 4.90. The molecule has 2 N–H and O–H groups in total. The SMILES string of the molecule is CC(C)(C1CCCCC1)C(O)C(=O)O. The van der Waals surface area contributed by atoms with E-state index >= 15 is 0 Å². The van der Waals surface area contributed by atoms with E-state index in [1.54, 1.807) is 0 Å². The normalized spacial score (nSPS) is 21.9. The van der Waals surface area contributed by atoms with Gasteiger partial charge in [0.25, 0.3) is 0 Å². The number of carbonyl (C=O) groups is 1. The van der Waals surface area contributed by atoms with Crippen LogP contribution in [0.25, 0.3) is 0 Å². The zero-order valence-electron chi connectivity index (χ0n) is 8.99. The molecule has 1 unspecified atom stereocenters. The van der Waals surface area contributed by atoms with Crippen molar-refractivity contribution in [2.75, 3.05) is 0 Å². The Morgan fingerprint density at radius 2 is 1.79 bits per heavy atom. The third kappa shape index (κ3) is 2.27. The van der Waals surface area contributed by atoms with E-state index in [9.17, 15) is 9.90 Å². The van der Waals surface area contributed by atoms with E-state index < -0.39 is 17.5 Å². The van der Waals surface area contributed by atoms with Gasteiger partial charge in [-0.2, -0.15) is 0 Å². The molecule has 1 fully saturated rings. The van der Waals surface area contributed by atoms with Crippen LogP contribution in [0.2, 0.25) is 0 Å². The second-order valence-corrected chi connectivity index (χ2v) is 4.90. The average Bonchev–Trinajstić information content (AvgIpc) is 2.18. The average molecular weight is 200 g/mol. The van der Waals surface area contributed by atoms with Crippen LogP contribution in [0.15, 0.2) is 0 Å². The highest BCUT2D eigenvalue weighted by atomic mass is 16.4. The van der Waals surface area contributed by atoms with Gasteiger partial charge in [0.05, 0.1) is 0 Å². The van der Waals surface area contributed by atoms with E-state index in [0.29, 0.717) is 5.92 Å². The Morgan fingerprint density at radius 3 is 2.21 bits per heavy atom. The minimum atomic E-state index is -1.23. The molecule has 0 aromatic carbocycles. The van der Waals surface area contributed by atoms with Crippen molar-refractivity contribution in [1.82, 2.24) is 0 Å². The molecule has 0 saturated heterocycles. The number of aliphatic hydroxyl groups is 1. The first kappa shape index (κ1) is 11.5. The molecule has 0 spiro atoms. The number of aliphatic carboxylic acids is 1. The van der Waals surface area contributed by atoms with Gasteiger partial charge < -0.3 is 10.2 Å². The van der Waals surface area contributed by atoms with Gasteiger partial charge in [0, 0.05) is 5.41 Å². The number of rotatable bonds is 3. The third-order valence-electron chi connectivity index (χ3n) is 3.60. The van der Waals surface area contributed by atoms with E-state index in [4.69, 9.17) is 5.11 Å². The molecular weight excluding hydrogens is 180 g/mol. The maximum atomic E-state index is 10.7. The Morgan fingerprint density at radius 1 is 1.29 bits per heavy atom. The smallest absolute Gasteiger partial charge is 0.333 e. The van der Waals surface area contributed by atoms with Crippen molar-refractivity contribution < 1.29 is 15.0 Å². The molecule has 3 heteroatoms. The maximum Gasteiger partial charge on any atom is 0.333 e. The molecule has 14 heavy (non-hydrogen) atoms. The summed E-state index contributed by atoms with van der Waals surface area (Å²) >= 11 is 0. The van der Waals surface area contributed by atoms with Crippen LogP contribution >= 0.6 is 0 Å². The Labute approximate surface area is 85.1 Å². The summed E-state index contributed by atoms with van der Waals surface area (Å²) in [4.78, 5) is 10.7. The zero-order valence-corrected chi connectivity index (χ0v) is 8.99. The molecule has 0 bridgehead atoms. The van der Waals surface area contributed by atoms with Gasteiger partial charge in [-0.05, 0) is 18.8 Å². The van der Waals surface area contributed by atoms with Gasteiger partial charge in [-0.3, -0.25) is 0 Å². The summed E-state index contributed by atoms with van der Waals surface area (Å²) in [5, 5.41) is 18.4. The van der Waals surface area contributed by atoms with Gasteiger partial charge in [0.2, 0.25) is 0 Å². The fraction of sp³-hybridized carbons (Fsp3) is 0.909. The molecule has 1 rings (SSSR count). The van der Waals surface area contributed by atoms with Crippen molar-refractivity contribution in [2.45, 2.75) is 52.1 Å². The van der Waals surface area contributed by atoms with Crippen molar-refractivity contribution in [2.24, 2.45) is 11.3 Å². The van der Waals surface area contributed by atoms with Crippen LogP contribution in [0, 0.1) is 11.3 Å². The molecule has 1 saturated carbocycles. The molecule has 1 aliphatic carbocycles. The van der Waals surface area contributed by atoms with Gasteiger partial charge in [-0.1, -0.05) is 33.1 Å². The topological polar surface area (TPSA) is 57.5 Å². The van der Waals surface area contributed by atoms with Gasteiger partial charge in [-0.15, -0.1) is 0 Å². The molecule has 0 aliphatic heterocycles. The van der Waals surface area contributed by atoms with E-state index in [0.717, 1.165) is 12.8 Å². The summed E-state index contributed by atoms with van der Waals surface area (Å²) in [5.74, 6) is -0.747. The third-order valence-corrected chi connectivity index (χ3v) is 3.60. The van der Waals surface area contributed by atoms with Gasteiger partial charge in [0.15, 0.2) is 6.10 Å². The lowest BCUT2D eigenvalue weighted by Crippen LogP contribution is -2.42. The van der Waals surface area contributed by atoms with Gasteiger partial charge >= 0.3 is 5.97 Å². The fourth-order valence-electron chi connectivity index (χ4n) is 2.39. The van der Waals surface area contributed by atoms with Crippen LogP contribution in [0.4, 0.5) is 0 Å². The number of carboxylic acid groups (broad SMARTS) is 1. The Balaban J connectivity index is 2.66. The van der Waals surface area contributed by atoms with Gasteiger partial charge in [-0.25, -0.2) is 4.79 Å². The highest BCUT2D eigenvalue weighted by Crippen LogP contribution is 2.40. The molecule has 0 amide bonds. The fourth-order valence-corrected chi connectivity index (χ4v) is 2.39. The largest absolute Gasteiger partial charge is 0.479 e. The maximum absolute atomic E-state index is 10.7. The number of hydrogen-bond acceptors (Lipinski definition) is 2. The molecule has 0 heterocycles. The summed E-state index contributed by atoms with van der Waals surface area (Å²) in [6.07, 6.45) is 4.45. The monoisotopic (exact) mass is 200 g/mol.